The molecule has 366 valence electrons. The lowest BCUT2D eigenvalue weighted by molar-refractivity contribution is 0.344. The molecule has 22 nitrogen and oxygen atoms in total. The predicted molar refractivity (Wildman–Crippen MR) is 251 cm³/mol. The monoisotopic (exact) mass is 1060 g/mol. The Hall–Kier alpha value is -5.60. The minimum absolute atomic E-state index is 0.00832. The van der Waals surface area contributed by atoms with Crippen LogP contribution in [0.25, 0.3) is 5.69 Å². The molecule has 0 aliphatic heterocycles. The van der Waals surface area contributed by atoms with Gasteiger partial charge in [-0.15, -0.1) is 10.2 Å². The highest BCUT2D eigenvalue weighted by Crippen LogP contribution is 2.41. The summed E-state index contributed by atoms with van der Waals surface area (Å²) in [5.41, 5.74) is 1.02. The van der Waals surface area contributed by atoms with Crippen LogP contribution in [-0.4, -0.2) is 87.2 Å². The van der Waals surface area contributed by atoms with Crippen LogP contribution in [0.3, 0.4) is 0 Å². The smallest absolute Gasteiger partial charge is 0.294 e. The van der Waals surface area contributed by atoms with Gasteiger partial charge in [0.2, 0.25) is 0 Å². The Kier molecular flexibility index (Phi) is 15.8. The number of benzene rings is 4. The van der Waals surface area contributed by atoms with E-state index in [4.69, 9.17) is 37.8 Å². The largest absolute Gasteiger partial charge is 0.473 e. The highest BCUT2D eigenvalue weighted by Gasteiger charge is 2.30. The third kappa shape index (κ3) is 12.9. The van der Waals surface area contributed by atoms with E-state index in [0.717, 1.165) is 30.0 Å². The van der Waals surface area contributed by atoms with E-state index in [9.17, 15) is 57.1 Å². The summed E-state index contributed by atoms with van der Waals surface area (Å²) in [5, 5.41) is 30.0. The van der Waals surface area contributed by atoms with Crippen molar-refractivity contribution in [2.45, 2.75) is 85.5 Å². The molecular weight excluding hydrogens is 1020 g/mol. The topological polar surface area (TPSA) is 330 Å². The number of halogens is 2. The maximum atomic E-state index is 11.9. The van der Waals surface area contributed by atoms with Gasteiger partial charge in [0.1, 0.15) is 34.5 Å². The molecule has 5 aromatic rings. The van der Waals surface area contributed by atoms with Crippen LogP contribution in [0.2, 0.25) is 10.0 Å². The molecule has 1 aromatic heterocycles. The Balaban J connectivity index is 1.54. The zero-order chi connectivity index (χ0) is 50.9. The van der Waals surface area contributed by atoms with Crippen molar-refractivity contribution in [2.75, 3.05) is 29.0 Å². The van der Waals surface area contributed by atoms with E-state index >= 15 is 0 Å². The minimum atomic E-state index is -4.93. The first-order valence-electron chi connectivity index (χ1n) is 19.6. The third-order valence-corrected chi connectivity index (χ3v) is 13.4. The summed E-state index contributed by atoms with van der Waals surface area (Å²) < 4.78 is 145. The fraction of sp³-hybridized carbons (Fsp3) is 0.300. The summed E-state index contributed by atoms with van der Waals surface area (Å²) in [4.78, 5) is -1.34. The number of rotatable bonds is 18. The van der Waals surface area contributed by atoms with E-state index in [-0.39, 0.29) is 73.5 Å². The lowest BCUT2D eigenvalue weighted by Crippen LogP contribution is -2.36. The molecule has 0 bridgehead atoms. The fourth-order valence-electron chi connectivity index (χ4n) is 6.62. The molecule has 0 fully saturated rings. The molecule has 0 spiro atoms. The van der Waals surface area contributed by atoms with Gasteiger partial charge in [0.25, 0.3) is 40.5 Å². The summed E-state index contributed by atoms with van der Waals surface area (Å²) in [5.74, 6) is -0.822. The molecule has 4 aromatic carbocycles. The molecule has 0 radical (unpaired) electrons. The summed E-state index contributed by atoms with van der Waals surface area (Å²) in [6.07, 6.45) is 0. The summed E-state index contributed by atoms with van der Waals surface area (Å²) >= 11 is 13.6. The van der Waals surface area contributed by atoms with Gasteiger partial charge in [-0.2, -0.15) is 44.0 Å². The maximum absolute atomic E-state index is 11.9. The second-order valence-corrected chi connectivity index (χ2v) is 22.7. The van der Waals surface area contributed by atoms with E-state index in [1.807, 2.05) is 48.5 Å². The highest BCUT2D eigenvalue weighted by atomic mass is 35.5. The standard InChI is InChI=1S/C40H44Cl2N8O14S4/c1-22(2)49(23(3)4)25-8-9-35(36(12-25)45-21-64-27-15-30(67(57,58)59)18-31(16-27)68(60,61)62)46-47-39-32(19-43)38(40(5,6)7)48-50(39)37-33(41)10-24(11-34(37)42)44-20-63-26-13-28(65(51,52)53)17-29(14-26)66(54,55)56/h8-18,22-23,44-45H,20-21H2,1-7H3,(H,51,52,53)(H,54,55,56)(H,57,58,59)(H,60,61,62). The molecule has 5 rings (SSSR count). The predicted octanol–water partition coefficient (Wildman–Crippen LogP) is 8.27. The number of hydrogen-bond donors (Lipinski definition) is 6. The number of nitrogens with one attached hydrogen (secondary N) is 2. The van der Waals surface area contributed by atoms with E-state index < -0.39 is 78.9 Å². The maximum Gasteiger partial charge on any atom is 0.294 e. The normalized spacial score (nSPS) is 12.7. The summed E-state index contributed by atoms with van der Waals surface area (Å²) in [7, 11) is -19.7. The second-order valence-electron chi connectivity index (χ2n) is 16.2. The lowest BCUT2D eigenvalue weighted by atomic mass is 9.90. The van der Waals surface area contributed by atoms with Crippen molar-refractivity contribution in [1.82, 2.24) is 9.78 Å². The first-order valence-corrected chi connectivity index (χ1v) is 26.1. The molecule has 0 aliphatic rings. The van der Waals surface area contributed by atoms with Gasteiger partial charge >= 0.3 is 0 Å². The van der Waals surface area contributed by atoms with Crippen LogP contribution in [0.1, 0.15) is 59.7 Å². The van der Waals surface area contributed by atoms with Crippen molar-refractivity contribution in [1.29, 1.82) is 5.26 Å². The SMILES string of the molecule is CC(C)N(c1ccc(N=Nc2c(C#N)c(C(C)(C)C)nn2-c2c(Cl)cc(NCOc3cc(S(=O)(=O)O)cc(S(=O)(=O)O)c3)cc2Cl)c(NCOc2cc(S(=O)(=O)O)cc(S(=O)(=O)O)c2)c1)C(C)C. The average Bonchev–Trinajstić information content (AvgIpc) is 3.57. The van der Waals surface area contributed by atoms with Crippen LogP contribution >= 0.6 is 23.2 Å². The van der Waals surface area contributed by atoms with Crippen molar-refractivity contribution in [3.05, 3.63) is 88.0 Å². The van der Waals surface area contributed by atoms with Crippen LogP contribution in [-0.2, 0) is 45.9 Å². The van der Waals surface area contributed by atoms with Gasteiger partial charge in [0, 0.05) is 53.1 Å². The molecule has 0 unspecified atom stereocenters. The van der Waals surface area contributed by atoms with Gasteiger partial charge in [-0.25, -0.2) is 4.68 Å². The van der Waals surface area contributed by atoms with Gasteiger partial charge in [0.05, 0.1) is 41.0 Å². The first-order chi connectivity index (χ1) is 31.3. The number of aromatic nitrogens is 2. The number of azo groups is 1. The van der Waals surface area contributed by atoms with Crippen molar-refractivity contribution in [3.8, 4) is 23.3 Å². The first kappa shape index (κ1) is 53.4. The van der Waals surface area contributed by atoms with Crippen molar-refractivity contribution in [3.63, 3.8) is 0 Å². The molecule has 68 heavy (non-hydrogen) atoms. The Morgan fingerprint density at radius 1 is 0.706 bits per heavy atom. The average molecular weight is 1060 g/mol. The molecule has 1 heterocycles. The molecule has 28 heteroatoms. The Morgan fingerprint density at radius 3 is 1.54 bits per heavy atom. The Labute approximate surface area is 402 Å². The van der Waals surface area contributed by atoms with Gasteiger partial charge in [-0.1, -0.05) is 44.0 Å². The number of nitrogens with zero attached hydrogens (tertiary/aromatic N) is 6. The van der Waals surface area contributed by atoms with Crippen LogP contribution in [0.15, 0.2) is 96.5 Å². The van der Waals surface area contributed by atoms with E-state index in [1.54, 1.807) is 18.2 Å². The molecular formula is C40H44Cl2N8O14S4. The van der Waals surface area contributed by atoms with Gasteiger partial charge in [-0.3, -0.25) is 18.2 Å². The minimum Gasteiger partial charge on any atom is -0.473 e. The quantitative estimate of drug-likeness (QED) is 0.0273. The van der Waals surface area contributed by atoms with Crippen LogP contribution in [0, 0.1) is 11.3 Å². The summed E-state index contributed by atoms with van der Waals surface area (Å²) in [6, 6.07) is 14.6. The Morgan fingerprint density at radius 2 is 1.15 bits per heavy atom. The second kappa shape index (κ2) is 20.2. The number of anilines is 3. The van der Waals surface area contributed by atoms with Crippen molar-refractivity contribution in [2.24, 2.45) is 10.2 Å². The molecule has 0 atom stereocenters. The van der Waals surface area contributed by atoms with Crippen molar-refractivity contribution >= 4 is 92.2 Å². The van der Waals surface area contributed by atoms with E-state index in [0.29, 0.717) is 12.1 Å². The van der Waals surface area contributed by atoms with Gasteiger partial charge in [0.15, 0.2) is 19.3 Å². The molecule has 6 N–H and O–H groups in total. The number of hydrogen-bond acceptors (Lipinski definition) is 17. The highest BCUT2D eigenvalue weighted by molar-refractivity contribution is 7.87. The van der Waals surface area contributed by atoms with Gasteiger partial charge < -0.3 is 25.0 Å². The van der Waals surface area contributed by atoms with Crippen molar-refractivity contribution < 1.29 is 61.4 Å². The lowest BCUT2D eigenvalue weighted by Gasteiger charge is -2.33. The van der Waals surface area contributed by atoms with Crippen LogP contribution in [0.4, 0.5) is 28.6 Å². The molecule has 0 amide bonds. The summed E-state index contributed by atoms with van der Waals surface area (Å²) in [6.45, 7) is 12.5. The number of ether oxygens (including phenoxy) is 2. The third-order valence-electron chi connectivity index (χ3n) is 9.47. The van der Waals surface area contributed by atoms with Gasteiger partial charge in [-0.05, 0) is 70.2 Å². The Bertz CT molecular complexity index is 3170. The number of nitriles is 1. The fourth-order valence-corrected chi connectivity index (χ4v) is 9.58. The molecule has 0 saturated carbocycles. The van der Waals surface area contributed by atoms with E-state index in [1.165, 1.54) is 16.8 Å². The zero-order valence-corrected chi connectivity index (χ0v) is 41.6. The van der Waals surface area contributed by atoms with E-state index in [2.05, 4.69) is 31.8 Å². The molecule has 0 aliphatic carbocycles. The van der Waals surface area contributed by atoms with Crippen LogP contribution in [0.5, 0.6) is 11.5 Å². The molecule has 0 saturated heterocycles. The van der Waals surface area contributed by atoms with Crippen LogP contribution < -0.4 is 25.0 Å². The zero-order valence-electron chi connectivity index (χ0n) is 36.9.